The van der Waals surface area contributed by atoms with Crippen LogP contribution in [0.15, 0.2) is 49.1 Å². The fourth-order valence-corrected chi connectivity index (χ4v) is 4.86. The average Bonchev–Trinajstić information content (AvgIpc) is 3.55. The molecule has 0 radical (unpaired) electrons. The number of nitrogens with one attached hydrogen (secondary N) is 2. The number of hydrogen-bond acceptors (Lipinski definition) is 6. The Morgan fingerprint density at radius 1 is 1.11 bits per heavy atom. The van der Waals surface area contributed by atoms with Crippen molar-refractivity contribution in [1.82, 2.24) is 24.7 Å². The minimum absolute atomic E-state index is 0.339. The highest BCUT2D eigenvalue weighted by Crippen LogP contribution is 2.40. The lowest BCUT2D eigenvalue weighted by molar-refractivity contribution is -0.141. The van der Waals surface area contributed by atoms with E-state index in [1.807, 2.05) is 13.0 Å². The van der Waals surface area contributed by atoms with Gasteiger partial charge in [-0.05, 0) is 31.2 Å². The molecule has 1 aromatic carbocycles. The first kappa shape index (κ1) is 24.2. The molecular formula is C26H23F4N7O. The van der Waals surface area contributed by atoms with Crippen LogP contribution in [0.3, 0.4) is 0 Å². The first-order chi connectivity index (χ1) is 18.3. The predicted octanol–water partition coefficient (Wildman–Crippen LogP) is 5.39. The molecule has 6 rings (SSSR count). The van der Waals surface area contributed by atoms with Crippen molar-refractivity contribution in [3.8, 4) is 16.8 Å². The molecule has 4 aromatic heterocycles. The molecule has 196 valence electrons. The maximum atomic E-state index is 14.7. The highest BCUT2D eigenvalue weighted by atomic mass is 19.4. The zero-order valence-electron chi connectivity index (χ0n) is 20.3. The zero-order valence-corrected chi connectivity index (χ0v) is 20.3. The van der Waals surface area contributed by atoms with Crippen LogP contribution in [0, 0.1) is 5.82 Å². The van der Waals surface area contributed by atoms with Gasteiger partial charge in [0, 0.05) is 54.7 Å². The molecule has 0 saturated carbocycles. The van der Waals surface area contributed by atoms with E-state index in [1.54, 1.807) is 18.6 Å². The molecule has 0 spiro atoms. The third-order valence-electron chi connectivity index (χ3n) is 6.55. The number of anilines is 2. The molecular weight excluding hydrogens is 502 g/mol. The second-order valence-corrected chi connectivity index (χ2v) is 8.95. The average molecular weight is 526 g/mol. The number of halogens is 4. The Morgan fingerprint density at radius 2 is 1.92 bits per heavy atom. The SMILES string of the molecule is CCNc1cc(F)cc2c1[nH]c1ncc(-c3cncc(N4CCOCC4)c3)c(-n3ccc(C(F)(F)F)n3)c12. The summed E-state index contributed by atoms with van der Waals surface area (Å²) in [5, 5.41) is 7.91. The smallest absolute Gasteiger partial charge is 0.384 e. The highest BCUT2D eigenvalue weighted by Gasteiger charge is 2.34. The molecule has 8 nitrogen and oxygen atoms in total. The molecule has 1 aliphatic heterocycles. The molecule has 5 aromatic rings. The van der Waals surface area contributed by atoms with E-state index in [-0.39, 0.29) is 0 Å². The number of benzene rings is 1. The number of nitrogens with zero attached hydrogens (tertiary/aromatic N) is 5. The minimum atomic E-state index is -4.63. The molecule has 0 atom stereocenters. The van der Waals surface area contributed by atoms with E-state index in [2.05, 4.69) is 30.3 Å². The van der Waals surface area contributed by atoms with E-state index in [0.29, 0.717) is 77.3 Å². The number of pyridine rings is 2. The minimum Gasteiger partial charge on any atom is -0.384 e. The molecule has 0 bridgehead atoms. The van der Waals surface area contributed by atoms with Crippen LogP contribution in [-0.2, 0) is 10.9 Å². The van der Waals surface area contributed by atoms with Crippen LogP contribution in [-0.4, -0.2) is 57.6 Å². The van der Waals surface area contributed by atoms with Gasteiger partial charge < -0.3 is 19.9 Å². The molecule has 1 aliphatic rings. The van der Waals surface area contributed by atoms with Gasteiger partial charge in [0.25, 0.3) is 0 Å². The van der Waals surface area contributed by atoms with Crippen LogP contribution in [0.2, 0.25) is 0 Å². The summed E-state index contributed by atoms with van der Waals surface area (Å²) < 4.78 is 61.9. The number of alkyl halides is 3. The fourth-order valence-electron chi connectivity index (χ4n) is 4.86. The van der Waals surface area contributed by atoms with E-state index >= 15 is 0 Å². The standard InChI is InChI=1S/C26H23F4N7O/c1-2-32-20-11-16(27)10-18-22-24(37-4-3-21(35-37)26(28,29)30)19(14-33-25(22)34-23(18)20)15-9-17(13-31-12-15)36-5-7-38-8-6-36/h3-4,9-14,32H,2,5-8H2,1H3,(H,33,34). The van der Waals surface area contributed by atoms with Gasteiger partial charge in [-0.25, -0.2) is 14.1 Å². The predicted molar refractivity (Wildman–Crippen MR) is 136 cm³/mol. The summed E-state index contributed by atoms with van der Waals surface area (Å²) in [5.41, 5.74) is 2.82. The van der Waals surface area contributed by atoms with Gasteiger partial charge in [0.05, 0.1) is 47.4 Å². The van der Waals surface area contributed by atoms with Gasteiger partial charge >= 0.3 is 6.18 Å². The summed E-state index contributed by atoms with van der Waals surface area (Å²) in [6.45, 7) is 5.00. The molecule has 0 amide bonds. The van der Waals surface area contributed by atoms with Gasteiger partial charge in [-0.3, -0.25) is 4.98 Å². The molecule has 1 fully saturated rings. The summed E-state index contributed by atoms with van der Waals surface area (Å²) >= 11 is 0. The molecule has 0 unspecified atom stereocenters. The van der Waals surface area contributed by atoms with E-state index in [1.165, 1.54) is 23.0 Å². The monoisotopic (exact) mass is 525 g/mol. The van der Waals surface area contributed by atoms with Crippen molar-refractivity contribution in [1.29, 1.82) is 0 Å². The Bertz CT molecular complexity index is 1640. The Kier molecular flexibility index (Phi) is 5.90. The van der Waals surface area contributed by atoms with Crippen LogP contribution in [0.4, 0.5) is 28.9 Å². The lowest BCUT2D eigenvalue weighted by atomic mass is 10.0. The Morgan fingerprint density at radius 3 is 2.66 bits per heavy atom. The molecule has 12 heteroatoms. The summed E-state index contributed by atoms with van der Waals surface area (Å²) in [6, 6.07) is 5.55. The number of rotatable bonds is 5. The second kappa shape index (κ2) is 9.28. The first-order valence-electron chi connectivity index (χ1n) is 12.1. The lowest BCUT2D eigenvalue weighted by Crippen LogP contribution is -2.36. The van der Waals surface area contributed by atoms with Crippen LogP contribution >= 0.6 is 0 Å². The number of aromatic amines is 1. The Labute approximate surface area is 214 Å². The number of hydrogen-bond donors (Lipinski definition) is 2. The third kappa shape index (κ3) is 4.20. The van der Waals surface area contributed by atoms with Crippen molar-refractivity contribution in [3.63, 3.8) is 0 Å². The normalized spacial score (nSPS) is 14.5. The van der Waals surface area contributed by atoms with Gasteiger partial charge in [0.2, 0.25) is 0 Å². The quantitative estimate of drug-likeness (QED) is 0.300. The highest BCUT2D eigenvalue weighted by molar-refractivity contribution is 6.15. The molecule has 2 N–H and O–H groups in total. The number of H-pyrrole nitrogens is 1. The summed E-state index contributed by atoms with van der Waals surface area (Å²) in [7, 11) is 0. The van der Waals surface area contributed by atoms with E-state index in [9.17, 15) is 17.6 Å². The molecule has 5 heterocycles. The van der Waals surface area contributed by atoms with E-state index in [4.69, 9.17) is 4.74 Å². The van der Waals surface area contributed by atoms with E-state index in [0.717, 1.165) is 11.8 Å². The van der Waals surface area contributed by atoms with Crippen LogP contribution in [0.1, 0.15) is 12.6 Å². The summed E-state index contributed by atoms with van der Waals surface area (Å²) in [4.78, 5) is 14.3. The second-order valence-electron chi connectivity index (χ2n) is 8.95. The Balaban J connectivity index is 1.63. The fraction of sp³-hybridized carbons (Fsp3) is 0.269. The number of ether oxygens (including phenoxy) is 1. The third-order valence-corrected chi connectivity index (χ3v) is 6.55. The van der Waals surface area contributed by atoms with Crippen molar-refractivity contribution >= 4 is 33.3 Å². The number of fused-ring (bicyclic) bond motifs is 3. The van der Waals surface area contributed by atoms with Crippen LogP contribution < -0.4 is 10.2 Å². The van der Waals surface area contributed by atoms with Crippen molar-refractivity contribution in [3.05, 3.63) is 60.6 Å². The largest absolute Gasteiger partial charge is 0.435 e. The van der Waals surface area contributed by atoms with Crippen molar-refractivity contribution in [2.24, 2.45) is 0 Å². The molecule has 1 saturated heterocycles. The van der Waals surface area contributed by atoms with Gasteiger partial charge in [-0.2, -0.15) is 18.3 Å². The van der Waals surface area contributed by atoms with Gasteiger partial charge in [0.1, 0.15) is 11.5 Å². The van der Waals surface area contributed by atoms with Gasteiger partial charge in [0.15, 0.2) is 5.69 Å². The maximum absolute atomic E-state index is 14.7. The zero-order chi connectivity index (χ0) is 26.4. The number of aromatic nitrogens is 5. The maximum Gasteiger partial charge on any atom is 0.435 e. The lowest BCUT2D eigenvalue weighted by Gasteiger charge is -2.28. The molecule has 38 heavy (non-hydrogen) atoms. The Hall–Kier alpha value is -4.19. The molecule has 0 aliphatic carbocycles. The van der Waals surface area contributed by atoms with Gasteiger partial charge in [-0.15, -0.1) is 0 Å². The van der Waals surface area contributed by atoms with Crippen molar-refractivity contribution < 1.29 is 22.3 Å². The van der Waals surface area contributed by atoms with Crippen LogP contribution in [0.25, 0.3) is 38.8 Å². The first-order valence-corrected chi connectivity index (χ1v) is 12.1. The van der Waals surface area contributed by atoms with E-state index < -0.39 is 17.7 Å². The topological polar surface area (TPSA) is 83.9 Å². The van der Waals surface area contributed by atoms with Crippen molar-refractivity contribution in [2.45, 2.75) is 13.1 Å². The summed E-state index contributed by atoms with van der Waals surface area (Å²) in [5.74, 6) is -0.488. The number of morpholine rings is 1. The summed E-state index contributed by atoms with van der Waals surface area (Å²) in [6.07, 6.45) is 1.57. The van der Waals surface area contributed by atoms with Gasteiger partial charge in [-0.1, -0.05) is 0 Å². The van der Waals surface area contributed by atoms with Crippen LogP contribution in [0.5, 0.6) is 0 Å². The van der Waals surface area contributed by atoms with Crippen molar-refractivity contribution in [2.75, 3.05) is 43.1 Å².